The molecule has 10 heteroatoms. The van der Waals surface area contributed by atoms with Crippen LogP contribution in [-0.2, 0) is 6.42 Å². The number of hydrogen-bond acceptors (Lipinski definition) is 8. The predicted octanol–water partition coefficient (Wildman–Crippen LogP) is 3.36. The predicted molar refractivity (Wildman–Crippen MR) is 136 cm³/mol. The van der Waals surface area contributed by atoms with Crippen molar-refractivity contribution in [3.05, 3.63) is 50.6 Å². The highest BCUT2D eigenvalue weighted by atomic mass is 32.1. The molecule has 2 aromatic heterocycles. The van der Waals surface area contributed by atoms with Crippen LogP contribution in [0.25, 0.3) is 21.3 Å². The number of nitrogens with zero attached hydrogens (tertiary/aromatic N) is 3. The lowest BCUT2D eigenvalue weighted by Crippen LogP contribution is -2.31. The Morgan fingerprint density at radius 3 is 2.89 bits per heavy atom. The number of aromatic carboxylic acids is 1. The second-order valence-corrected chi connectivity index (χ2v) is 10.1. The molecule has 6 rings (SSSR count). The standard InChI is InChI=1S/C25H25N5O4S/c1-34-23-14(7-8-15-21(23)30(13-5-6-13)12-17(22(15)31)24(32)33)20-11-16-18(3-2-4-19(16)35-20)28-29-25-26-9-10-27-25/h7-8,11-13H,2-6,9-10H2,1H3,(H,32,33)(H2,26,27,29). The lowest BCUT2D eigenvalue weighted by molar-refractivity contribution is 0.0695. The topological polar surface area (TPSA) is 117 Å². The van der Waals surface area contributed by atoms with Crippen LogP contribution in [0, 0.1) is 0 Å². The van der Waals surface area contributed by atoms with E-state index in [2.05, 4.69) is 26.9 Å². The summed E-state index contributed by atoms with van der Waals surface area (Å²) < 4.78 is 7.81. The summed E-state index contributed by atoms with van der Waals surface area (Å²) in [7, 11) is 1.60. The highest BCUT2D eigenvalue weighted by Gasteiger charge is 2.30. The zero-order valence-corrected chi connectivity index (χ0v) is 20.1. The van der Waals surface area contributed by atoms with Gasteiger partial charge in [-0.05, 0) is 50.3 Å². The van der Waals surface area contributed by atoms with E-state index >= 15 is 0 Å². The minimum absolute atomic E-state index is 0.175. The van der Waals surface area contributed by atoms with Crippen molar-refractivity contribution in [2.45, 2.75) is 38.1 Å². The van der Waals surface area contributed by atoms with Crippen LogP contribution in [0.5, 0.6) is 5.75 Å². The number of carboxylic acids is 1. The third kappa shape index (κ3) is 3.78. The van der Waals surface area contributed by atoms with Gasteiger partial charge in [-0.15, -0.1) is 11.3 Å². The molecule has 0 unspecified atom stereocenters. The largest absolute Gasteiger partial charge is 0.494 e. The van der Waals surface area contributed by atoms with Gasteiger partial charge in [0.15, 0.2) is 5.75 Å². The van der Waals surface area contributed by atoms with Crippen molar-refractivity contribution in [3.8, 4) is 16.2 Å². The first-order chi connectivity index (χ1) is 17.0. The molecule has 35 heavy (non-hydrogen) atoms. The van der Waals surface area contributed by atoms with Crippen molar-refractivity contribution < 1.29 is 14.6 Å². The van der Waals surface area contributed by atoms with Crippen molar-refractivity contribution in [2.24, 2.45) is 10.1 Å². The number of thiophene rings is 1. The van der Waals surface area contributed by atoms with E-state index in [4.69, 9.17) is 4.74 Å². The van der Waals surface area contributed by atoms with E-state index in [1.165, 1.54) is 11.1 Å². The number of carbonyl (C=O) groups is 1. The SMILES string of the molecule is COc1c(-c2cc3c(s2)CCCC3=NNC2=NCCN2)ccc2c(=O)c(C(=O)O)cn(C3CC3)c12. The molecular weight excluding hydrogens is 466 g/mol. The van der Waals surface area contributed by atoms with Gasteiger partial charge in [0.05, 0.1) is 30.3 Å². The minimum Gasteiger partial charge on any atom is -0.494 e. The number of guanidine groups is 1. The number of hydrogen-bond donors (Lipinski definition) is 3. The molecule has 1 fully saturated rings. The first kappa shape index (κ1) is 21.8. The number of nitrogens with one attached hydrogen (secondary N) is 2. The zero-order valence-electron chi connectivity index (χ0n) is 19.3. The fourth-order valence-corrected chi connectivity index (χ4v) is 6.11. The van der Waals surface area contributed by atoms with Crippen LogP contribution in [0.3, 0.4) is 0 Å². The summed E-state index contributed by atoms with van der Waals surface area (Å²) >= 11 is 1.71. The van der Waals surface area contributed by atoms with Gasteiger partial charge in [0.1, 0.15) is 5.56 Å². The Bertz CT molecular complexity index is 1480. The Kier molecular flexibility index (Phi) is 5.32. The maximum Gasteiger partial charge on any atom is 0.341 e. The Morgan fingerprint density at radius 2 is 2.17 bits per heavy atom. The molecule has 3 N–H and O–H groups in total. The zero-order chi connectivity index (χ0) is 24.1. The van der Waals surface area contributed by atoms with Gasteiger partial charge >= 0.3 is 5.97 Å². The highest BCUT2D eigenvalue weighted by molar-refractivity contribution is 7.16. The number of rotatable bonds is 5. The van der Waals surface area contributed by atoms with E-state index in [0.717, 1.165) is 66.9 Å². The molecule has 1 aromatic carbocycles. The molecule has 0 radical (unpaired) electrons. The monoisotopic (exact) mass is 491 g/mol. The Balaban J connectivity index is 1.48. The van der Waals surface area contributed by atoms with Crippen molar-refractivity contribution >= 4 is 39.9 Å². The average Bonchev–Trinajstić information content (AvgIpc) is 3.38. The molecule has 1 saturated carbocycles. The normalized spacial score (nSPS) is 18.3. The van der Waals surface area contributed by atoms with Gasteiger partial charge in [-0.1, -0.05) is 0 Å². The van der Waals surface area contributed by atoms with Crippen molar-refractivity contribution in [1.29, 1.82) is 0 Å². The molecule has 3 aromatic rings. The lowest BCUT2D eigenvalue weighted by atomic mass is 9.96. The molecule has 0 atom stereocenters. The maximum atomic E-state index is 13.0. The molecule has 1 aliphatic heterocycles. The van der Waals surface area contributed by atoms with E-state index < -0.39 is 11.4 Å². The molecule has 0 spiro atoms. The molecule has 2 aliphatic carbocycles. The smallest absolute Gasteiger partial charge is 0.341 e. The lowest BCUT2D eigenvalue weighted by Gasteiger charge is -2.17. The number of ether oxygens (including phenoxy) is 1. The summed E-state index contributed by atoms with van der Waals surface area (Å²) in [5.41, 5.74) is 6.06. The number of hydrazone groups is 1. The Hall–Kier alpha value is -3.66. The summed E-state index contributed by atoms with van der Waals surface area (Å²) in [6, 6.07) is 5.93. The van der Waals surface area contributed by atoms with Crippen molar-refractivity contribution in [3.63, 3.8) is 0 Å². The molecular formula is C25H25N5O4S. The first-order valence-electron chi connectivity index (χ1n) is 11.8. The number of benzene rings is 1. The summed E-state index contributed by atoms with van der Waals surface area (Å²) in [4.78, 5) is 31.3. The fourth-order valence-electron chi connectivity index (χ4n) is 4.86. The van der Waals surface area contributed by atoms with Gasteiger partial charge in [-0.3, -0.25) is 4.79 Å². The maximum absolute atomic E-state index is 13.0. The number of aromatic nitrogens is 1. The van der Waals surface area contributed by atoms with Gasteiger partial charge in [-0.25, -0.2) is 15.2 Å². The summed E-state index contributed by atoms with van der Waals surface area (Å²) in [6.45, 7) is 1.57. The van der Waals surface area contributed by atoms with Gasteiger partial charge < -0.3 is 19.7 Å². The van der Waals surface area contributed by atoms with Crippen LogP contribution >= 0.6 is 11.3 Å². The van der Waals surface area contributed by atoms with Gasteiger partial charge in [0, 0.05) is 39.7 Å². The minimum atomic E-state index is -1.21. The molecule has 3 heterocycles. The van der Waals surface area contributed by atoms with E-state index in [1.807, 2.05) is 10.6 Å². The molecule has 180 valence electrons. The van der Waals surface area contributed by atoms with Gasteiger partial charge in [-0.2, -0.15) is 5.10 Å². The van der Waals surface area contributed by atoms with Crippen LogP contribution in [0.4, 0.5) is 0 Å². The molecule has 3 aliphatic rings. The van der Waals surface area contributed by atoms with Gasteiger partial charge in [0.2, 0.25) is 11.4 Å². The second-order valence-electron chi connectivity index (χ2n) is 8.99. The van der Waals surface area contributed by atoms with Crippen LogP contribution in [0.2, 0.25) is 0 Å². The summed E-state index contributed by atoms with van der Waals surface area (Å²) in [5.74, 6) is 0.0951. The number of aliphatic imine (C=N–C) groups is 1. The summed E-state index contributed by atoms with van der Waals surface area (Å²) in [5, 5.41) is 17.8. The fraction of sp³-hybridized carbons (Fsp3) is 0.360. The molecule has 0 saturated heterocycles. The average molecular weight is 492 g/mol. The van der Waals surface area contributed by atoms with Crippen molar-refractivity contribution in [2.75, 3.05) is 20.2 Å². The van der Waals surface area contributed by atoms with E-state index in [9.17, 15) is 14.7 Å². The van der Waals surface area contributed by atoms with Gasteiger partial charge in [0.25, 0.3) is 0 Å². The Labute approximate surface area is 205 Å². The number of methoxy groups -OCH3 is 1. The van der Waals surface area contributed by atoms with E-state index in [1.54, 1.807) is 24.5 Å². The quantitative estimate of drug-likeness (QED) is 0.471. The van der Waals surface area contributed by atoms with E-state index in [-0.39, 0.29) is 11.6 Å². The third-order valence-electron chi connectivity index (χ3n) is 6.70. The van der Waals surface area contributed by atoms with Crippen LogP contribution in [0.15, 0.2) is 39.3 Å². The highest BCUT2D eigenvalue weighted by Crippen LogP contribution is 2.45. The van der Waals surface area contributed by atoms with E-state index in [0.29, 0.717) is 22.6 Å². The number of pyridine rings is 1. The van der Waals surface area contributed by atoms with Crippen LogP contribution in [0.1, 0.15) is 52.5 Å². The van der Waals surface area contributed by atoms with Crippen molar-refractivity contribution in [1.82, 2.24) is 15.3 Å². The van der Waals surface area contributed by atoms with Crippen LogP contribution in [-0.4, -0.2) is 47.5 Å². The molecule has 0 amide bonds. The molecule has 0 bridgehead atoms. The number of fused-ring (bicyclic) bond motifs is 2. The second kappa shape index (κ2) is 8.53. The molecule has 9 nitrogen and oxygen atoms in total. The number of aryl methyl sites for hydroxylation is 1. The Morgan fingerprint density at radius 1 is 1.31 bits per heavy atom. The van der Waals surface area contributed by atoms with Crippen LogP contribution < -0.4 is 20.9 Å². The summed E-state index contributed by atoms with van der Waals surface area (Å²) in [6.07, 6.45) is 6.28. The first-order valence-corrected chi connectivity index (χ1v) is 12.6. The third-order valence-corrected chi connectivity index (χ3v) is 7.92. The number of carboxylic acid groups (broad SMARTS) is 1.